The number of carbonyl (C=O) groups is 1. The number of nitrogens with two attached hydrogens (primary N) is 1. The quantitative estimate of drug-likeness (QED) is 0.562. The largest absolute Gasteiger partial charge is 0.415 e. The molecule has 0 saturated heterocycles. The van der Waals surface area contributed by atoms with Crippen LogP contribution in [0.5, 0.6) is 0 Å². The van der Waals surface area contributed by atoms with Crippen LogP contribution in [0.1, 0.15) is 23.2 Å². The molecule has 0 aliphatic heterocycles. The molecule has 2 aromatic rings. The number of aromatic nitrogens is 4. The van der Waals surface area contributed by atoms with Crippen molar-refractivity contribution in [3.05, 3.63) is 32.3 Å². The molecular formula is C13H17N5O4S2. The molecule has 0 fully saturated rings. The number of hydrogen-bond acceptors (Lipinski definition) is 9. The number of ketones is 1. The first kappa shape index (κ1) is 18.3. The van der Waals surface area contributed by atoms with Gasteiger partial charge in [0.15, 0.2) is 5.78 Å². The highest BCUT2D eigenvalue weighted by molar-refractivity contribution is 8.00. The van der Waals surface area contributed by atoms with E-state index in [1.807, 2.05) is 6.26 Å². The molecule has 1 atom stereocenters. The highest BCUT2D eigenvalue weighted by Gasteiger charge is 2.26. The number of carbonyl (C=O) groups excluding carboxylic acids is 1. The van der Waals surface area contributed by atoms with Gasteiger partial charge in [0.05, 0.1) is 11.0 Å². The minimum absolute atomic E-state index is 0.158. The third-order valence-corrected chi connectivity index (χ3v) is 4.79. The van der Waals surface area contributed by atoms with E-state index in [2.05, 4.69) is 10.2 Å². The van der Waals surface area contributed by atoms with Crippen molar-refractivity contribution in [2.75, 3.05) is 12.0 Å². The van der Waals surface area contributed by atoms with Crippen LogP contribution in [0.15, 0.2) is 19.2 Å². The predicted octanol–water partition coefficient (Wildman–Crippen LogP) is 0.276. The molecule has 130 valence electrons. The molecular weight excluding hydrogens is 354 g/mol. The minimum atomic E-state index is -0.721. The van der Waals surface area contributed by atoms with Crippen molar-refractivity contribution in [1.29, 1.82) is 0 Å². The van der Waals surface area contributed by atoms with Crippen molar-refractivity contribution in [3.63, 3.8) is 0 Å². The van der Waals surface area contributed by atoms with Crippen LogP contribution in [0.2, 0.25) is 0 Å². The molecule has 0 radical (unpaired) electrons. The molecule has 1 unspecified atom stereocenters. The van der Waals surface area contributed by atoms with Crippen molar-refractivity contribution < 1.29 is 9.21 Å². The third kappa shape index (κ3) is 3.41. The van der Waals surface area contributed by atoms with Gasteiger partial charge in [0, 0.05) is 14.1 Å². The molecule has 0 spiro atoms. The van der Waals surface area contributed by atoms with Crippen LogP contribution in [-0.4, -0.2) is 36.6 Å². The zero-order chi connectivity index (χ0) is 18.0. The van der Waals surface area contributed by atoms with Crippen molar-refractivity contribution in [1.82, 2.24) is 19.3 Å². The minimum Gasteiger partial charge on any atom is -0.415 e. The van der Waals surface area contributed by atoms with Crippen LogP contribution < -0.4 is 17.0 Å². The number of hydrogen-bond donors (Lipinski definition) is 1. The first-order valence-corrected chi connectivity index (χ1v) is 9.13. The van der Waals surface area contributed by atoms with Gasteiger partial charge in [-0.1, -0.05) is 11.8 Å². The lowest BCUT2D eigenvalue weighted by Gasteiger charge is -2.13. The maximum Gasteiger partial charge on any atom is 0.332 e. The smallest absolute Gasteiger partial charge is 0.332 e. The van der Waals surface area contributed by atoms with Gasteiger partial charge in [-0.2, -0.15) is 11.8 Å². The van der Waals surface area contributed by atoms with E-state index in [1.165, 1.54) is 25.9 Å². The lowest BCUT2D eigenvalue weighted by molar-refractivity contribution is 0.0991. The molecule has 2 aromatic heterocycles. The maximum absolute atomic E-state index is 12.6. The van der Waals surface area contributed by atoms with Crippen LogP contribution in [-0.2, 0) is 19.8 Å². The van der Waals surface area contributed by atoms with Crippen LogP contribution in [0, 0.1) is 0 Å². The Hall–Kier alpha value is -2.01. The molecule has 2 N–H and O–H groups in total. The zero-order valence-electron chi connectivity index (χ0n) is 13.6. The van der Waals surface area contributed by atoms with Crippen LogP contribution in [0.3, 0.4) is 0 Å². The summed E-state index contributed by atoms with van der Waals surface area (Å²) in [6.45, 7) is 1.61. The fraction of sp³-hybridized carbons (Fsp3) is 0.462. The van der Waals surface area contributed by atoms with E-state index in [-0.39, 0.29) is 16.6 Å². The predicted molar refractivity (Wildman–Crippen MR) is 92.5 cm³/mol. The van der Waals surface area contributed by atoms with Crippen molar-refractivity contribution in [3.8, 4) is 0 Å². The zero-order valence-corrected chi connectivity index (χ0v) is 15.2. The molecule has 0 saturated carbocycles. The summed E-state index contributed by atoms with van der Waals surface area (Å²) in [5.74, 6) is 0.374. The Morgan fingerprint density at radius 1 is 1.29 bits per heavy atom. The summed E-state index contributed by atoms with van der Waals surface area (Å²) in [7, 11) is 2.70. The van der Waals surface area contributed by atoms with Gasteiger partial charge in [0.2, 0.25) is 5.89 Å². The first-order valence-electron chi connectivity index (χ1n) is 6.85. The fourth-order valence-electron chi connectivity index (χ4n) is 1.97. The molecule has 2 rings (SSSR count). The molecule has 11 heteroatoms. The SMILES string of the molecule is CSCc1nnc(SC(C)C(=O)c2c(N)n(C)c(=O)n(C)c2=O)o1. The molecule has 0 aromatic carbocycles. The first-order chi connectivity index (χ1) is 11.3. The molecule has 0 bridgehead atoms. The molecule has 9 nitrogen and oxygen atoms in total. The Bertz CT molecular complexity index is 885. The van der Waals surface area contributed by atoms with Crippen molar-refractivity contribution in [2.24, 2.45) is 14.1 Å². The van der Waals surface area contributed by atoms with Crippen LogP contribution in [0.25, 0.3) is 0 Å². The van der Waals surface area contributed by atoms with Crippen LogP contribution >= 0.6 is 23.5 Å². The lowest BCUT2D eigenvalue weighted by Crippen LogP contribution is -2.42. The van der Waals surface area contributed by atoms with E-state index in [9.17, 15) is 14.4 Å². The molecule has 2 heterocycles. The second-order valence-electron chi connectivity index (χ2n) is 4.99. The number of nitrogens with zero attached hydrogens (tertiary/aromatic N) is 4. The molecule has 0 aliphatic rings. The summed E-state index contributed by atoms with van der Waals surface area (Å²) < 4.78 is 7.32. The van der Waals surface area contributed by atoms with Gasteiger partial charge in [-0.05, 0) is 13.2 Å². The number of nitrogen functional groups attached to an aromatic ring is 1. The molecule has 24 heavy (non-hydrogen) atoms. The normalized spacial score (nSPS) is 12.3. The van der Waals surface area contributed by atoms with Gasteiger partial charge in [0.1, 0.15) is 11.4 Å². The average molecular weight is 371 g/mol. The summed E-state index contributed by atoms with van der Waals surface area (Å²) in [5, 5.41) is 7.27. The van der Waals surface area contributed by atoms with E-state index >= 15 is 0 Å². The van der Waals surface area contributed by atoms with E-state index in [0.29, 0.717) is 11.6 Å². The second-order valence-corrected chi connectivity index (χ2v) is 7.14. The topological polar surface area (TPSA) is 126 Å². The number of anilines is 1. The summed E-state index contributed by atoms with van der Waals surface area (Å²) in [4.78, 5) is 36.7. The summed E-state index contributed by atoms with van der Waals surface area (Å²) in [5.41, 5.74) is 4.26. The fourth-order valence-corrected chi connectivity index (χ4v) is 3.09. The Labute approximate surface area is 145 Å². The Kier molecular flexibility index (Phi) is 5.54. The maximum atomic E-state index is 12.6. The monoisotopic (exact) mass is 371 g/mol. The average Bonchev–Trinajstić information content (AvgIpc) is 2.98. The highest BCUT2D eigenvalue weighted by atomic mass is 32.2. The van der Waals surface area contributed by atoms with Gasteiger partial charge >= 0.3 is 5.69 Å². The van der Waals surface area contributed by atoms with Gasteiger partial charge in [-0.3, -0.25) is 18.7 Å². The third-order valence-electron chi connectivity index (χ3n) is 3.32. The van der Waals surface area contributed by atoms with Gasteiger partial charge in [-0.25, -0.2) is 4.79 Å². The Balaban J connectivity index is 2.31. The number of Topliss-reactive ketones (excluding diaryl/α,β-unsaturated/α-hetero) is 1. The molecule has 0 aliphatic carbocycles. The van der Waals surface area contributed by atoms with E-state index in [4.69, 9.17) is 10.2 Å². The summed E-state index contributed by atoms with van der Waals surface area (Å²) in [6, 6.07) is 0. The van der Waals surface area contributed by atoms with E-state index < -0.39 is 22.3 Å². The van der Waals surface area contributed by atoms with Gasteiger partial charge in [-0.15, -0.1) is 10.2 Å². The van der Waals surface area contributed by atoms with Gasteiger partial charge < -0.3 is 10.2 Å². The second kappa shape index (κ2) is 7.26. The van der Waals surface area contributed by atoms with Crippen molar-refractivity contribution in [2.45, 2.75) is 23.1 Å². The number of rotatable bonds is 6. The lowest BCUT2D eigenvalue weighted by atomic mass is 10.1. The van der Waals surface area contributed by atoms with Gasteiger partial charge in [0.25, 0.3) is 10.8 Å². The standard InChI is InChI=1S/C13H17N5O4S2/c1-6(24-12-16-15-7(22-12)5-23-4)9(19)8-10(14)17(2)13(21)18(3)11(8)20/h6H,5,14H2,1-4H3. The van der Waals surface area contributed by atoms with Crippen molar-refractivity contribution >= 4 is 35.1 Å². The summed E-state index contributed by atoms with van der Waals surface area (Å²) >= 11 is 2.57. The highest BCUT2D eigenvalue weighted by Crippen LogP contribution is 2.25. The van der Waals surface area contributed by atoms with Crippen LogP contribution in [0.4, 0.5) is 5.82 Å². The number of thioether (sulfide) groups is 2. The Morgan fingerprint density at radius 2 is 1.96 bits per heavy atom. The Morgan fingerprint density at radius 3 is 2.58 bits per heavy atom. The molecule has 0 amide bonds. The summed E-state index contributed by atoms with van der Waals surface area (Å²) in [6.07, 6.45) is 1.90. The van der Waals surface area contributed by atoms with E-state index in [0.717, 1.165) is 20.9 Å². The van der Waals surface area contributed by atoms with E-state index in [1.54, 1.807) is 6.92 Å².